The minimum Gasteiger partial charge on any atom is -0.506 e. The molecular weight excluding hydrogens is 872 g/mol. The highest BCUT2D eigenvalue weighted by atomic mass is 35.5. The number of amides is 1. The Kier molecular flexibility index (Phi) is 15.9. The van der Waals surface area contributed by atoms with E-state index in [1.807, 2.05) is 27.9 Å². The molecule has 320 valence electrons. The number of carboxylic acids is 1. The number of aromatic nitrogens is 5. The number of benzene rings is 2. The Morgan fingerprint density at radius 3 is 2.30 bits per heavy atom. The topological polar surface area (TPSA) is 277 Å². The van der Waals surface area contributed by atoms with Crippen LogP contribution in [0.15, 0.2) is 95.3 Å². The molecule has 1 aliphatic heterocycles. The summed E-state index contributed by atoms with van der Waals surface area (Å²) in [6.45, 7) is 2.31. The zero-order valence-corrected chi connectivity index (χ0v) is 34.3. The van der Waals surface area contributed by atoms with E-state index in [1.54, 1.807) is 36.8 Å². The number of carboxylic acid groups (broad SMARTS) is 1. The van der Waals surface area contributed by atoms with E-state index in [-0.39, 0.29) is 17.5 Å². The highest BCUT2D eigenvalue weighted by Gasteiger charge is 2.50. The summed E-state index contributed by atoms with van der Waals surface area (Å²) in [6.07, 6.45) is -1.12. The number of pyridine rings is 1. The molecule has 2 unspecified atom stereocenters. The predicted molar refractivity (Wildman–Crippen MR) is 217 cm³/mol. The lowest BCUT2D eigenvalue weighted by Gasteiger charge is -2.28. The highest BCUT2D eigenvalue weighted by molar-refractivity contribution is 6.35. The summed E-state index contributed by atoms with van der Waals surface area (Å²) in [4.78, 5) is 57.7. The number of carbonyl (C=O) groups is 2. The molecule has 1 amide bonds. The second kappa shape index (κ2) is 20.6. The molecular formula is C38H39Cl4N7O11. The van der Waals surface area contributed by atoms with E-state index >= 15 is 0 Å². The fourth-order valence-corrected chi connectivity index (χ4v) is 7.04. The van der Waals surface area contributed by atoms with Crippen molar-refractivity contribution in [2.45, 2.75) is 68.9 Å². The van der Waals surface area contributed by atoms with E-state index < -0.39 is 71.8 Å². The Morgan fingerprint density at radius 2 is 1.70 bits per heavy atom. The third kappa shape index (κ3) is 11.5. The first-order valence-electron chi connectivity index (χ1n) is 17.9. The number of aromatic hydroxyl groups is 1. The molecule has 0 aliphatic carbocycles. The number of aromatic amines is 1. The van der Waals surface area contributed by atoms with Gasteiger partial charge in [-0.25, -0.2) is 14.6 Å². The maximum Gasteiger partial charge on any atom is 0.330 e. The van der Waals surface area contributed by atoms with E-state index in [4.69, 9.17) is 61.6 Å². The number of halogens is 4. The normalized spacial score (nSPS) is 19.9. The Morgan fingerprint density at radius 1 is 1.00 bits per heavy atom. The van der Waals surface area contributed by atoms with Gasteiger partial charge in [-0.3, -0.25) is 24.1 Å². The molecule has 1 fully saturated rings. The molecule has 22 heteroatoms. The van der Waals surface area contributed by atoms with Crippen molar-refractivity contribution in [2.24, 2.45) is 11.7 Å². The van der Waals surface area contributed by atoms with Gasteiger partial charge < -0.3 is 50.6 Å². The second-order valence-corrected chi connectivity index (χ2v) is 15.2. The fourth-order valence-electron chi connectivity index (χ4n) is 6.05. The van der Waals surface area contributed by atoms with Crippen LogP contribution < -0.4 is 22.3 Å². The minimum atomic E-state index is -1.90. The van der Waals surface area contributed by atoms with Crippen LogP contribution >= 0.6 is 46.4 Å². The number of nitrogens with one attached hydrogen (secondary N) is 2. The summed E-state index contributed by atoms with van der Waals surface area (Å²) >= 11 is 24.5. The zero-order chi connectivity index (χ0) is 43.8. The van der Waals surface area contributed by atoms with Crippen molar-refractivity contribution in [2.75, 3.05) is 0 Å². The number of H-pyrrole nitrogens is 1. The largest absolute Gasteiger partial charge is 0.506 e. The van der Waals surface area contributed by atoms with Gasteiger partial charge in [-0.1, -0.05) is 65.5 Å². The molecule has 0 saturated carbocycles. The molecule has 0 spiro atoms. The molecule has 9 atom stereocenters. The third-order valence-corrected chi connectivity index (χ3v) is 10.6. The third-order valence-electron chi connectivity index (χ3n) is 9.43. The Balaban J connectivity index is 0.000000240. The standard InChI is InChI=1S/C20H25N5O10.C18H14Cl4N2O/c1-7(13(28)9-3-2-8(26)6-22-9)11(21)17(31)24-12(19(32)33)16-14(29)15(30)18(35-16)25-5-4-10(27)23-20(25)34;19-13-2-1-12(16(21)7-13)10-25-18(9-24-6-5-23-11-24)15-4-3-14(20)8-17(15)22/h2-7,11-16,18,26,28-30H,21H2,1H3,(H,24,31)(H,32,33)(H,23,27,34);1-8,11,18H,9-10H2/t7-,11-,12-,13-,14-,15+,16+,18?;/m0./s1. The summed E-state index contributed by atoms with van der Waals surface area (Å²) in [5, 5.41) is 54.6. The van der Waals surface area contributed by atoms with Gasteiger partial charge in [-0.2, -0.15) is 0 Å². The number of aliphatic hydroxyl groups excluding tert-OH is 3. The highest BCUT2D eigenvalue weighted by Crippen LogP contribution is 2.33. The fraction of sp³-hybridized carbons (Fsp3) is 0.316. The Bertz CT molecular complexity index is 2370. The molecule has 0 radical (unpaired) electrons. The van der Waals surface area contributed by atoms with Crippen LogP contribution in [0.3, 0.4) is 0 Å². The number of ether oxygens (including phenoxy) is 2. The lowest BCUT2D eigenvalue weighted by molar-refractivity contribution is -0.149. The summed E-state index contributed by atoms with van der Waals surface area (Å²) in [7, 11) is 0. The van der Waals surface area contributed by atoms with Gasteiger partial charge in [-0.05, 0) is 42.0 Å². The van der Waals surface area contributed by atoms with Crippen molar-refractivity contribution in [3.63, 3.8) is 0 Å². The maximum atomic E-state index is 12.7. The van der Waals surface area contributed by atoms with E-state index in [2.05, 4.69) is 15.3 Å². The quantitative estimate of drug-likeness (QED) is 0.0796. The van der Waals surface area contributed by atoms with Crippen molar-refractivity contribution >= 4 is 58.3 Å². The van der Waals surface area contributed by atoms with Crippen molar-refractivity contribution in [3.8, 4) is 5.75 Å². The lowest BCUT2D eigenvalue weighted by atomic mass is 9.92. The number of hydrogen-bond donors (Lipinski definition) is 8. The van der Waals surface area contributed by atoms with E-state index in [1.165, 1.54) is 19.1 Å². The van der Waals surface area contributed by atoms with Gasteiger partial charge in [0.1, 0.15) is 36.3 Å². The average molecular weight is 912 g/mol. The smallest absolute Gasteiger partial charge is 0.330 e. The molecule has 3 aromatic heterocycles. The van der Waals surface area contributed by atoms with Gasteiger partial charge in [0, 0.05) is 56.2 Å². The van der Waals surface area contributed by atoms with Crippen LogP contribution in [0, 0.1) is 5.92 Å². The van der Waals surface area contributed by atoms with E-state index in [0.29, 0.717) is 33.2 Å². The number of hydrogen-bond acceptors (Lipinski definition) is 13. The molecule has 2 aromatic carbocycles. The zero-order valence-electron chi connectivity index (χ0n) is 31.3. The van der Waals surface area contributed by atoms with Crippen molar-refractivity contribution < 1.29 is 44.6 Å². The first-order valence-corrected chi connectivity index (χ1v) is 19.4. The van der Waals surface area contributed by atoms with Gasteiger partial charge >= 0.3 is 11.7 Å². The van der Waals surface area contributed by atoms with Gasteiger partial charge in [0.2, 0.25) is 5.91 Å². The molecule has 60 heavy (non-hydrogen) atoms. The van der Waals surface area contributed by atoms with Gasteiger partial charge in [-0.15, -0.1) is 0 Å². The van der Waals surface area contributed by atoms with Crippen LogP contribution in [-0.4, -0.2) is 91.9 Å². The first kappa shape index (κ1) is 46.2. The number of nitrogens with two attached hydrogens (primary N) is 1. The molecule has 6 rings (SSSR count). The van der Waals surface area contributed by atoms with Gasteiger partial charge in [0.05, 0.1) is 37.4 Å². The first-order chi connectivity index (χ1) is 28.4. The SMILES string of the molecule is C[C@@H]([C@H](N)C(=O)N[C@H](C(=O)O)[C@H]1OC(n2ccc(=O)[nH]c2=O)[C@H](O)[C@@H]1O)[C@H](O)c1ccc(O)cn1.Clc1ccc(COC(Cn2ccnc2)c2ccc(Cl)cc2Cl)c(Cl)c1. The van der Waals surface area contributed by atoms with Gasteiger partial charge in [0.25, 0.3) is 5.56 Å². The Hall–Kier alpha value is -4.86. The van der Waals surface area contributed by atoms with Crippen LogP contribution in [0.2, 0.25) is 20.1 Å². The van der Waals surface area contributed by atoms with Crippen LogP contribution in [0.5, 0.6) is 5.75 Å². The number of aliphatic carboxylic acids is 1. The lowest BCUT2D eigenvalue weighted by Crippen LogP contribution is -2.57. The van der Waals surface area contributed by atoms with Crippen LogP contribution in [0.1, 0.15) is 42.2 Å². The van der Waals surface area contributed by atoms with Crippen molar-refractivity contribution in [1.29, 1.82) is 0 Å². The molecule has 4 heterocycles. The number of imidazole rings is 1. The molecule has 1 saturated heterocycles. The molecule has 5 aromatic rings. The number of aliphatic hydroxyl groups is 3. The monoisotopic (exact) mass is 909 g/mol. The Labute approximate surface area is 360 Å². The van der Waals surface area contributed by atoms with E-state index in [0.717, 1.165) is 34.2 Å². The van der Waals surface area contributed by atoms with Crippen LogP contribution in [0.4, 0.5) is 0 Å². The van der Waals surface area contributed by atoms with Crippen LogP contribution in [-0.2, 0) is 32.2 Å². The summed E-state index contributed by atoms with van der Waals surface area (Å²) in [6, 6.07) is 10.9. The summed E-state index contributed by atoms with van der Waals surface area (Å²) in [5.41, 5.74) is 6.04. The van der Waals surface area contributed by atoms with Crippen LogP contribution in [0.25, 0.3) is 0 Å². The van der Waals surface area contributed by atoms with Crippen molar-refractivity contribution in [1.82, 2.24) is 29.4 Å². The summed E-state index contributed by atoms with van der Waals surface area (Å²) < 4.78 is 14.2. The maximum absolute atomic E-state index is 12.7. The molecule has 0 bridgehead atoms. The average Bonchev–Trinajstić information content (AvgIpc) is 3.82. The summed E-state index contributed by atoms with van der Waals surface area (Å²) in [5.74, 6) is -3.75. The second-order valence-electron chi connectivity index (χ2n) is 13.5. The minimum absolute atomic E-state index is 0.111. The molecule has 1 aliphatic rings. The molecule has 18 nitrogen and oxygen atoms in total. The number of rotatable bonds is 14. The number of carbonyl (C=O) groups excluding carboxylic acids is 1. The van der Waals surface area contributed by atoms with Crippen molar-refractivity contribution in [3.05, 3.63) is 143 Å². The molecule has 9 N–H and O–H groups in total. The van der Waals surface area contributed by atoms with E-state index in [9.17, 15) is 44.7 Å². The predicted octanol–water partition coefficient (Wildman–Crippen LogP) is 2.98. The van der Waals surface area contributed by atoms with Gasteiger partial charge in [0.15, 0.2) is 12.3 Å². The number of nitrogens with zero attached hydrogens (tertiary/aromatic N) is 4.